The highest BCUT2D eigenvalue weighted by molar-refractivity contribution is 5.96. The Balaban J connectivity index is 1.42. The van der Waals surface area contributed by atoms with Crippen LogP contribution in [-0.2, 0) is 0 Å². The van der Waals surface area contributed by atoms with Gasteiger partial charge in [0.2, 0.25) is 0 Å². The minimum absolute atomic E-state index is 0.192. The second-order valence-electron chi connectivity index (χ2n) is 8.30. The molecule has 4 aromatic carbocycles. The van der Waals surface area contributed by atoms with Crippen molar-refractivity contribution in [3.05, 3.63) is 120 Å². The Morgan fingerprint density at radius 3 is 2.15 bits per heavy atom. The molecule has 0 spiro atoms. The average Bonchev–Trinajstić information content (AvgIpc) is 3.39. The summed E-state index contributed by atoms with van der Waals surface area (Å²) in [5.74, 6) is 1.71. The molecule has 0 saturated carbocycles. The summed E-state index contributed by atoms with van der Waals surface area (Å²) in [6.45, 7) is 0.713. The summed E-state index contributed by atoms with van der Waals surface area (Å²) in [5, 5.41) is 12.9. The molecule has 164 valence electrons. The van der Waals surface area contributed by atoms with Crippen LogP contribution in [0.3, 0.4) is 0 Å². The highest BCUT2D eigenvalue weighted by atomic mass is 15.1. The normalized spacial score (nSPS) is 11.3. The molecule has 0 saturated heterocycles. The molecular formula is C29H23N5. The third-order valence-electron chi connectivity index (χ3n) is 6.21. The van der Waals surface area contributed by atoms with E-state index in [0.717, 1.165) is 33.2 Å². The van der Waals surface area contributed by atoms with Crippen LogP contribution < -0.4 is 5.32 Å². The monoisotopic (exact) mass is 441 g/mol. The smallest absolute Gasteiger partial charge is 0.162 e. The van der Waals surface area contributed by atoms with E-state index in [-0.39, 0.29) is 5.92 Å². The van der Waals surface area contributed by atoms with Crippen molar-refractivity contribution in [1.29, 1.82) is 0 Å². The molecular weight excluding hydrogens is 418 g/mol. The number of H-pyrrole nitrogens is 1. The van der Waals surface area contributed by atoms with Gasteiger partial charge in [-0.15, -0.1) is 0 Å². The molecule has 6 rings (SSSR count). The molecule has 0 radical (unpaired) electrons. The Labute approximate surface area is 197 Å². The largest absolute Gasteiger partial charge is 0.368 e. The van der Waals surface area contributed by atoms with E-state index in [4.69, 9.17) is 9.97 Å². The molecule has 0 aliphatic heterocycles. The fourth-order valence-corrected chi connectivity index (χ4v) is 4.49. The molecule has 0 unspecified atom stereocenters. The Morgan fingerprint density at radius 1 is 0.676 bits per heavy atom. The van der Waals surface area contributed by atoms with Gasteiger partial charge in [-0.1, -0.05) is 84.9 Å². The van der Waals surface area contributed by atoms with E-state index in [1.165, 1.54) is 11.1 Å². The van der Waals surface area contributed by atoms with Crippen molar-refractivity contribution in [2.75, 3.05) is 11.9 Å². The van der Waals surface area contributed by atoms with Gasteiger partial charge in [0.1, 0.15) is 5.82 Å². The lowest BCUT2D eigenvalue weighted by Crippen LogP contribution is -2.15. The lowest BCUT2D eigenvalue weighted by atomic mass is 9.91. The van der Waals surface area contributed by atoms with E-state index in [1.54, 1.807) is 0 Å². The van der Waals surface area contributed by atoms with Gasteiger partial charge in [-0.05, 0) is 29.3 Å². The molecule has 0 atom stereocenters. The first-order chi connectivity index (χ1) is 16.9. The third-order valence-corrected chi connectivity index (χ3v) is 6.21. The van der Waals surface area contributed by atoms with Gasteiger partial charge in [0, 0.05) is 28.8 Å². The van der Waals surface area contributed by atoms with E-state index >= 15 is 0 Å². The van der Waals surface area contributed by atoms with Crippen LogP contribution >= 0.6 is 0 Å². The number of para-hydroxylation sites is 1. The van der Waals surface area contributed by atoms with Gasteiger partial charge in [0.25, 0.3) is 0 Å². The predicted molar refractivity (Wildman–Crippen MR) is 138 cm³/mol. The molecule has 0 amide bonds. The predicted octanol–water partition coefficient (Wildman–Crippen LogP) is 6.42. The van der Waals surface area contributed by atoms with Crippen molar-refractivity contribution in [3.8, 4) is 11.4 Å². The van der Waals surface area contributed by atoms with Gasteiger partial charge >= 0.3 is 0 Å². The number of rotatable bonds is 6. The van der Waals surface area contributed by atoms with Crippen LogP contribution in [0.1, 0.15) is 17.0 Å². The fraction of sp³-hybridized carbons (Fsp3) is 0.0690. The Hall–Kier alpha value is -4.51. The van der Waals surface area contributed by atoms with Gasteiger partial charge in [-0.25, -0.2) is 9.97 Å². The zero-order valence-corrected chi connectivity index (χ0v) is 18.5. The van der Waals surface area contributed by atoms with Crippen molar-refractivity contribution in [2.24, 2.45) is 0 Å². The summed E-state index contributed by atoms with van der Waals surface area (Å²) < 4.78 is 0. The molecule has 5 nitrogen and oxygen atoms in total. The van der Waals surface area contributed by atoms with E-state index in [0.29, 0.717) is 12.4 Å². The molecule has 6 aromatic rings. The highest BCUT2D eigenvalue weighted by Crippen LogP contribution is 2.30. The van der Waals surface area contributed by atoms with Gasteiger partial charge in [0.05, 0.1) is 17.2 Å². The average molecular weight is 442 g/mol. The van der Waals surface area contributed by atoms with Gasteiger partial charge in [-0.3, -0.25) is 5.10 Å². The number of nitrogens with one attached hydrogen (secondary N) is 2. The van der Waals surface area contributed by atoms with Gasteiger partial charge < -0.3 is 5.32 Å². The number of aromatic amines is 1. The number of hydrogen-bond acceptors (Lipinski definition) is 4. The minimum atomic E-state index is 0.192. The zero-order chi connectivity index (χ0) is 22.7. The van der Waals surface area contributed by atoms with E-state index in [9.17, 15) is 0 Å². The van der Waals surface area contributed by atoms with Crippen molar-refractivity contribution < 1.29 is 0 Å². The fourth-order valence-electron chi connectivity index (χ4n) is 4.49. The van der Waals surface area contributed by atoms with Crippen molar-refractivity contribution in [3.63, 3.8) is 0 Å². The SMILES string of the molecule is c1ccc(C(CNc2nc(-c3cccc4[nH]ncc34)nc3ccccc23)c2ccccc2)cc1. The van der Waals surface area contributed by atoms with Crippen LogP contribution in [-0.4, -0.2) is 26.7 Å². The van der Waals surface area contributed by atoms with Gasteiger partial charge in [-0.2, -0.15) is 5.10 Å². The number of benzene rings is 4. The molecule has 2 heterocycles. The van der Waals surface area contributed by atoms with Crippen LogP contribution in [0, 0.1) is 0 Å². The molecule has 0 fully saturated rings. The molecule has 0 aliphatic rings. The number of nitrogens with zero attached hydrogens (tertiary/aromatic N) is 3. The summed E-state index contributed by atoms with van der Waals surface area (Å²) >= 11 is 0. The van der Waals surface area contributed by atoms with Crippen molar-refractivity contribution in [2.45, 2.75) is 5.92 Å². The summed E-state index contributed by atoms with van der Waals surface area (Å²) in [4.78, 5) is 9.88. The summed E-state index contributed by atoms with van der Waals surface area (Å²) in [5.41, 5.74) is 5.37. The summed E-state index contributed by atoms with van der Waals surface area (Å²) in [6.07, 6.45) is 1.83. The van der Waals surface area contributed by atoms with Crippen molar-refractivity contribution in [1.82, 2.24) is 20.2 Å². The van der Waals surface area contributed by atoms with Crippen molar-refractivity contribution >= 4 is 27.6 Å². The molecule has 5 heteroatoms. The maximum Gasteiger partial charge on any atom is 0.162 e. The molecule has 2 N–H and O–H groups in total. The molecule has 34 heavy (non-hydrogen) atoms. The Bertz CT molecular complexity index is 1520. The van der Waals surface area contributed by atoms with Crippen LogP contribution in [0.2, 0.25) is 0 Å². The molecule has 2 aromatic heterocycles. The number of aromatic nitrogens is 4. The quantitative estimate of drug-likeness (QED) is 0.313. The van der Waals surface area contributed by atoms with Crippen LogP contribution in [0.15, 0.2) is 109 Å². The third kappa shape index (κ3) is 3.77. The van der Waals surface area contributed by atoms with E-state index in [1.807, 2.05) is 42.6 Å². The van der Waals surface area contributed by atoms with Crippen LogP contribution in [0.4, 0.5) is 5.82 Å². The maximum absolute atomic E-state index is 5.00. The number of fused-ring (bicyclic) bond motifs is 2. The van der Waals surface area contributed by atoms with E-state index in [2.05, 4.69) is 82.2 Å². The number of hydrogen-bond donors (Lipinski definition) is 2. The maximum atomic E-state index is 5.00. The first-order valence-corrected chi connectivity index (χ1v) is 11.4. The standard InChI is InChI=1S/C29H23N5/c1-3-10-20(11-4-1)24(21-12-5-2-6-13-21)18-30-28-23-14-7-8-16-26(23)32-29(33-28)22-15-9-17-27-25(22)19-31-34-27/h1-17,19,24H,18H2,(H,31,34)(H,30,32,33). The van der Waals surface area contributed by atoms with Crippen LogP contribution in [0.5, 0.6) is 0 Å². The van der Waals surface area contributed by atoms with Gasteiger partial charge in [0.15, 0.2) is 5.82 Å². The Kier molecular flexibility index (Phi) is 5.20. The second kappa shape index (κ2) is 8.79. The van der Waals surface area contributed by atoms with Crippen LogP contribution in [0.25, 0.3) is 33.2 Å². The number of anilines is 1. The topological polar surface area (TPSA) is 66.5 Å². The first kappa shape index (κ1) is 20.1. The minimum Gasteiger partial charge on any atom is -0.368 e. The zero-order valence-electron chi connectivity index (χ0n) is 18.5. The lowest BCUT2D eigenvalue weighted by molar-refractivity contribution is 0.849. The van der Waals surface area contributed by atoms with E-state index < -0.39 is 0 Å². The summed E-state index contributed by atoms with van der Waals surface area (Å²) in [6, 6.07) is 35.4. The molecule has 0 aliphatic carbocycles. The first-order valence-electron chi connectivity index (χ1n) is 11.4. The second-order valence-corrected chi connectivity index (χ2v) is 8.30. The Morgan fingerprint density at radius 2 is 1.38 bits per heavy atom. The highest BCUT2D eigenvalue weighted by Gasteiger charge is 2.17. The summed E-state index contributed by atoms with van der Waals surface area (Å²) in [7, 11) is 0. The molecule has 0 bridgehead atoms. The lowest BCUT2D eigenvalue weighted by Gasteiger charge is -2.20.